The van der Waals surface area contributed by atoms with Crippen LogP contribution in [0.15, 0.2) is 66.7 Å². The molecule has 0 aliphatic rings. The van der Waals surface area contributed by atoms with Gasteiger partial charge in [0.2, 0.25) is 0 Å². The number of nitrogens with two attached hydrogens (primary N) is 1. The third kappa shape index (κ3) is 3.81. The van der Waals surface area contributed by atoms with Gasteiger partial charge < -0.3 is 26.6 Å². The zero-order chi connectivity index (χ0) is 17.8. The van der Waals surface area contributed by atoms with Crippen molar-refractivity contribution in [3.05, 3.63) is 72.3 Å². The van der Waals surface area contributed by atoms with Gasteiger partial charge in [0.05, 0.1) is 11.4 Å². The molecular formula is C19H17N3O3. The highest BCUT2D eigenvalue weighted by atomic mass is 16.3. The number of nitrogen functional groups attached to an aromatic ring is 1. The summed E-state index contributed by atoms with van der Waals surface area (Å²) in [6, 6.07) is 18.3. The lowest BCUT2D eigenvalue weighted by atomic mass is 10.1. The van der Waals surface area contributed by atoms with Gasteiger partial charge in [0.1, 0.15) is 11.5 Å². The van der Waals surface area contributed by atoms with Crippen LogP contribution >= 0.6 is 0 Å². The van der Waals surface area contributed by atoms with Gasteiger partial charge in [-0.25, -0.2) is 0 Å². The normalized spacial score (nSPS) is 10.2. The second-order valence-electron chi connectivity index (χ2n) is 5.45. The maximum Gasteiger partial charge on any atom is 0.255 e. The van der Waals surface area contributed by atoms with Crippen LogP contribution < -0.4 is 16.4 Å². The quantitative estimate of drug-likeness (QED) is 0.369. The topological polar surface area (TPSA) is 108 Å². The van der Waals surface area contributed by atoms with Crippen molar-refractivity contribution in [2.45, 2.75) is 0 Å². The van der Waals surface area contributed by atoms with E-state index in [0.29, 0.717) is 22.6 Å². The molecule has 0 radical (unpaired) electrons. The SMILES string of the molecule is Nc1ccc(Nc2ccc(C(=O)Nc3ccccc3)cc2O)cc1O. The zero-order valence-corrected chi connectivity index (χ0v) is 13.2. The Labute approximate surface area is 144 Å². The van der Waals surface area contributed by atoms with E-state index in [2.05, 4.69) is 10.6 Å². The van der Waals surface area contributed by atoms with E-state index in [-0.39, 0.29) is 23.1 Å². The standard InChI is InChI=1S/C19H17N3O3/c20-15-8-7-14(11-17(15)23)21-16-9-6-12(10-18(16)24)19(25)22-13-4-2-1-3-5-13/h1-11,21,23-24H,20H2,(H,22,25). The number of phenolic OH excluding ortho intramolecular Hbond substituents is 2. The average Bonchev–Trinajstić information content (AvgIpc) is 2.60. The summed E-state index contributed by atoms with van der Waals surface area (Å²) >= 11 is 0. The number of para-hydroxylation sites is 1. The van der Waals surface area contributed by atoms with Gasteiger partial charge in [-0.05, 0) is 42.5 Å². The number of hydrogen-bond acceptors (Lipinski definition) is 5. The van der Waals surface area contributed by atoms with Gasteiger partial charge in [-0.3, -0.25) is 4.79 Å². The summed E-state index contributed by atoms with van der Waals surface area (Å²) in [7, 11) is 0. The Hall–Kier alpha value is -3.67. The number of hydrogen-bond donors (Lipinski definition) is 5. The number of phenols is 2. The van der Waals surface area contributed by atoms with Crippen LogP contribution in [-0.2, 0) is 0 Å². The molecule has 0 aliphatic carbocycles. The molecular weight excluding hydrogens is 318 g/mol. The highest BCUT2D eigenvalue weighted by Gasteiger charge is 2.10. The molecule has 0 saturated heterocycles. The van der Waals surface area contributed by atoms with Crippen molar-refractivity contribution in [3.63, 3.8) is 0 Å². The highest BCUT2D eigenvalue weighted by Crippen LogP contribution is 2.31. The van der Waals surface area contributed by atoms with Gasteiger partial charge in [-0.2, -0.15) is 0 Å². The van der Waals surface area contributed by atoms with Crippen LogP contribution in [0.2, 0.25) is 0 Å². The van der Waals surface area contributed by atoms with E-state index in [9.17, 15) is 15.0 Å². The van der Waals surface area contributed by atoms with Gasteiger partial charge >= 0.3 is 0 Å². The lowest BCUT2D eigenvalue weighted by molar-refractivity contribution is 0.102. The van der Waals surface area contributed by atoms with Crippen molar-refractivity contribution >= 4 is 28.7 Å². The van der Waals surface area contributed by atoms with E-state index in [4.69, 9.17) is 5.73 Å². The molecule has 6 heteroatoms. The van der Waals surface area contributed by atoms with Crippen molar-refractivity contribution in [1.29, 1.82) is 0 Å². The average molecular weight is 335 g/mol. The maximum absolute atomic E-state index is 12.2. The number of rotatable bonds is 4. The number of benzene rings is 3. The van der Waals surface area contributed by atoms with E-state index in [1.165, 1.54) is 12.1 Å². The molecule has 0 bridgehead atoms. The Morgan fingerprint density at radius 2 is 1.60 bits per heavy atom. The Balaban J connectivity index is 1.76. The van der Waals surface area contributed by atoms with Crippen molar-refractivity contribution in [1.82, 2.24) is 0 Å². The van der Waals surface area contributed by atoms with E-state index in [0.717, 1.165) is 0 Å². The first-order valence-electron chi connectivity index (χ1n) is 7.58. The summed E-state index contributed by atoms with van der Waals surface area (Å²) in [5.41, 5.74) is 7.78. The van der Waals surface area contributed by atoms with Crippen LogP contribution in [0.25, 0.3) is 0 Å². The van der Waals surface area contributed by atoms with E-state index < -0.39 is 0 Å². The summed E-state index contributed by atoms with van der Waals surface area (Å²) < 4.78 is 0. The second-order valence-corrected chi connectivity index (χ2v) is 5.45. The van der Waals surface area contributed by atoms with Crippen LogP contribution in [0.3, 0.4) is 0 Å². The molecule has 126 valence electrons. The minimum Gasteiger partial charge on any atom is -0.506 e. The van der Waals surface area contributed by atoms with Gasteiger partial charge in [-0.15, -0.1) is 0 Å². The predicted molar refractivity (Wildman–Crippen MR) is 98.3 cm³/mol. The molecule has 0 aliphatic heterocycles. The van der Waals surface area contributed by atoms with Gasteiger partial charge in [0, 0.05) is 23.0 Å². The first-order valence-corrected chi connectivity index (χ1v) is 7.58. The number of amides is 1. The molecule has 3 rings (SSSR count). The molecule has 0 fully saturated rings. The van der Waals surface area contributed by atoms with Gasteiger partial charge in [0.15, 0.2) is 0 Å². The Bertz CT molecular complexity index is 911. The molecule has 0 unspecified atom stereocenters. The number of nitrogens with one attached hydrogen (secondary N) is 2. The molecule has 3 aromatic rings. The Kier molecular flexibility index (Phi) is 4.43. The van der Waals surface area contributed by atoms with Crippen molar-refractivity contribution in [3.8, 4) is 11.5 Å². The molecule has 1 amide bonds. The zero-order valence-electron chi connectivity index (χ0n) is 13.2. The first-order chi connectivity index (χ1) is 12.0. The molecule has 3 aromatic carbocycles. The minimum absolute atomic E-state index is 0.0525. The predicted octanol–water partition coefficient (Wildman–Crippen LogP) is 3.68. The van der Waals surface area contributed by atoms with Crippen molar-refractivity contribution in [2.24, 2.45) is 0 Å². The molecule has 0 aromatic heterocycles. The maximum atomic E-state index is 12.2. The molecule has 6 nitrogen and oxygen atoms in total. The lowest BCUT2D eigenvalue weighted by Gasteiger charge is -2.11. The van der Waals surface area contributed by atoms with Crippen LogP contribution in [-0.4, -0.2) is 16.1 Å². The lowest BCUT2D eigenvalue weighted by Crippen LogP contribution is -2.11. The summed E-state index contributed by atoms with van der Waals surface area (Å²) in [5.74, 6) is -0.460. The van der Waals surface area contributed by atoms with Gasteiger partial charge in [0.25, 0.3) is 5.91 Å². The largest absolute Gasteiger partial charge is 0.506 e. The van der Waals surface area contributed by atoms with Crippen LogP contribution in [0, 0.1) is 0 Å². The fraction of sp³-hybridized carbons (Fsp3) is 0. The third-order valence-corrected chi connectivity index (χ3v) is 3.60. The Morgan fingerprint density at radius 1 is 0.840 bits per heavy atom. The molecule has 0 saturated carbocycles. The second kappa shape index (κ2) is 6.84. The van der Waals surface area contributed by atoms with E-state index >= 15 is 0 Å². The highest BCUT2D eigenvalue weighted by molar-refractivity contribution is 6.04. The van der Waals surface area contributed by atoms with Crippen molar-refractivity contribution in [2.75, 3.05) is 16.4 Å². The fourth-order valence-electron chi connectivity index (χ4n) is 2.28. The molecule has 6 N–H and O–H groups in total. The summed E-state index contributed by atoms with van der Waals surface area (Å²) in [6.45, 7) is 0. The third-order valence-electron chi connectivity index (χ3n) is 3.60. The molecule has 0 heterocycles. The van der Waals surface area contributed by atoms with Crippen LogP contribution in [0.1, 0.15) is 10.4 Å². The van der Waals surface area contributed by atoms with E-state index in [1.54, 1.807) is 36.4 Å². The number of aromatic hydroxyl groups is 2. The number of carbonyl (C=O) groups excluding carboxylic acids is 1. The van der Waals surface area contributed by atoms with Crippen molar-refractivity contribution < 1.29 is 15.0 Å². The number of carbonyl (C=O) groups is 1. The smallest absolute Gasteiger partial charge is 0.255 e. The summed E-state index contributed by atoms with van der Waals surface area (Å²) in [6.07, 6.45) is 0. The number of anilines is 4. The monoisotopic (exact) mass is 335 g/mol. The molecule has 25 heavy (non-hydrogen) atoms. The summed E-state index contributed by atoms with van der Waals surface area (Å²) in [5, 5.41) is 25.5. The Morgan fingerprint density at radius 3 is 2.28 bits per heavy atom. The van der Waals surface area contributed by atoms with Crippen LogP contribution in [0.4, 0.5) is 22.7 Å². The van der Waals surface area contributed by atoms with Gasteiger partial charge in [-0.1, -0.05) is 18.2 Å². The molecule has 0 atom stereocenters. The van der Waals surface area contributed by atoms with E-state index in [1.807, 2.05) is 18.2 Å². The fourth-order valence-corrected chi connectivity index (χ4v) is 2.28. The van der Waals surface area contributed by atoms with Crippen LogP contribution in [0.5, 0.6) is 11.5 Å². The minimum atomic E-state index is -0.321. The molecule has 0 spiro atoms. The summed E-state index contributed by atoms with van der Waals surface area (Å²) in [4.78, 5) is 12.2. The first kappa shape index (κ1) is 16.2.